The van der Waals surface area contributed by atoms with Gasteiger partial charge in [-0.25, -0.2) is 8.42 Å². The maximum atomic E-state index is 12.1. The normalized spacial score (nSPS) is 13.1. The molecule has 0 aliphatic rings. The molecule has 1 aromatic carbocycles. The van der Waals surface area contributed by atoms with Crippen molar-refractivity contribution in [1.82, 2.24) is 4.72 Å². The molecule has 2 N–H and O–H groups in total. The minimum atomic E-state index is -3.98. The van der Waals surface area contributed by atoms with Gasteiger partial charge in [-0.05, 0) is 24.6 Å². The largest absolute Gasteiger partial charge is 0.468 e. The third-order valence-electron chi connectivity index (χ3n) is 2.47. The summed E-state index contributed by atoms with van der Waals surface area (Å²) in [4.78, 5) is 11.2. The second-order valence-corrected chi connectivity index (χ2v) is 5.83. The van der Waals surface area contributed by atoms with Crippen molar-refractivity contribution in [2.75, 3.05) is 13.7 Å². The highest BCUT2D eigenvalue weighted by Crippen LogP contribution is 2.22. The molecule has 0 aromatic heterocycles. The van der Waals surface area contributed by atoms with Crippen molar-refractivity contribution in [2.45, 2.75) is 17.9 Å². The van der Waals surface area contributed by atoms with E-state index in [9.17, 15) is 13.2 Å². The van der Waals surface area contributed by atoms with E-state index in [-0.39, 0.29) is 4.90 Å². The molecular formula is C11H14ClNO5S. The highest BCUT2D eigenvalue weighted by molar-refractivity contribution is 7.89. The lowest BCUT2D eigenvalue weighted by molar-refractivity contribution is -0.143. The molecule has 1 aromatic rings. The minimum Gasteiger partial charge on any atom is -0.468 e. The molecule has 0 bridgehead atoms. The van der Waals surface area contributed by atoms with Gasteiger partial charge in [0.2, 0.25) is 10.0 Å². The molecular weight excluding hydrogens is 294 g/mol. The van der Waals surface area contributed by atoms with Gasteiger partial charge in [-0.3, -0.25) is 4.79 Å². The van der Waals surface area contributed by atoms with Crippen LogP contribution in [-0.4, -0.2) is 39.3 Å². The van der Waals surface area contributed by atoms with Crippen LogP contribution in [0.15, 0.2) is 23.1 Å². The first-order valence-corrected chi connectivity index (χ1v) is 7.15. The second kappa shape index (κ2) is 6.33. The van der Waals surface area contributed by atoms with Crippen LogP contribution in [0.3, 0.4) is 0 Å². The number of benzene rings is 1. The van der Waals surface area contributed by atoms with Gasteiger partial charge in [-0.2, -0.15) is 4.72 Å². The van der Waals surface area contributed by atoms with E-state index >= 15 is 0 Å². The molecule has 0 amide bonds. The standard InChI is InChI=1S/C11H14ClNO5S/c1-7-8(12)4-3-5-10(7)19(16,17)13-9(6-14)11(15)18-2/h3-5,9,13-14H,6H2,1-2H3. The Bertz CT molecular complexity index is 572. The van der Waals surface area contributed by atoms with E-state index in [1.54, 1.807) is 13.0 Å². The van der Waals surface area contributed by atoms with Gasteiger partial charge in [0.15, 0.2) is 0 Å². The van der Waals surface area contributed by atoms with E-state index < -0.39 is 28.6 Å². The van der Waals surface area contributed by atoms with E-state index in [1.165, 1.54) is 12.1 Å². The molecule has 0 radical (unpaired) electrons. The number of methoxy groups -OCH3 is 1. The third kappa shape index (κ3) is 3.66. The molecule has 0 fully saturated rings. The predicted molar refractivity (Wildman–Crippen MR) is 69.4 cm³/mol. The first kappa shape index (κ1) is 15.9. The van der Waals surface area contributed by atoms with Gasteiger partial charge in [-0.1, -0.05) is 17.7 Å². The average molecular weight is 308 g/mol. The smallest absolute Gasteiger partial charge is 0.326 e. The van der Waals surface area contributed by atoms with Crippen molar-refractivity contribution < 1.29 is 23.1 Å². The number of halogens is 1. The monoisotopic (exact) mass is 307 g/mol. The summed E-state index contributed by atoms with van der Waals surface area (Å²) in [6, 6.07) is 3.04. The van der Waals surface area contributed by atoms with E-state index in [2.05, 4.69) is 9.46 Å². The van der Waals surface area contributed by atoms with Crippen molar-refractivity contribution in [3.05, 3.63) is 28.8 Å². The van der Waals surface area contributed by atoms with Crippen molar-refractivity contribution in [3.8, 4) is 0 Å². The van der Waals surface area contributed by atoms with Crippen LogP contribution in [0.4, 0.5) is 0 Å². The second-order valence-electron chi connectivity index (χ2n) is 3.74. The lowest BCUT2D eigenvalue weighted by Gasteiger charge is -2.15. The first-order valence-electron chi connectivity index (χ1n) is 5.29. The summed E-state index contributed by atoms with van der Waals surface area (Å²) < 4.78 is 30.7. The highest BCUT2D eigenvalue weighted by atomic mass is 35.5. The Morgan fingerprint density at radius 3 is 2.68 bits per heavy atom. The molecule has 19 heavy (non-hydrogen) atoms. The number of rotatable bonds is 5. The maximum Gasteiger partial charge on any atom is 0.326 e. The van der Waals surface area contributed by atoms with Crippen LogP contribution in [-0.2, 0) is 19.6 Å². The molecule has 6 nitrogen and oxygen atoms in total. The van der Waals surface area contributed by atoms with Gasteiger partial charge in [0.25, 0.3) is 0 Å². The minimum absolute atomic E-state index is 0.0534. The molecule has 0 saturated carbocycles. The van der Waals surface area contributed by atoms with Crippen LogP contribution in [0.2, 0.25) is 5.02 Å². The number of nitrogens with one attached hydrogen (secondary N) is 1. The van der Waals surface area contributed by atoms with Gasteiger partial charge >= 0.3 is 5.97 Å². The number of ether oxygens (including phenoxy) is 1. The van der Waals surface area contributed by atoms with Crippen molar-refractivity contribution in [2.24, 2.45) is 0 Å². The third-order valence-corrected chi connectivity index (χ3v) is 4.50. The van der Waals surface area contributed by atoms with E-state index in [1.807, 2.05) is 0 Å². The SMILES string of the molecule is COC(=O)C(CO)NS(=O)(=O)c1cccc(Cl)c1C. The van der Waals surface area contributed by atoms with Gasteiger partial charge in [0.1, 0.15) is 6.04 Å². The number of sulfonamides is 1. The number of aliphatic hydroxyl groups is 1. The number of carbonyl (C=O) groups is 1. The fourth-order valence-corrected chi connectivity index (χ4v) is 3.11. The molecule has 0 aliphatic heterocycles. The summed E-state index contributed by atoms with van der Waals surface area (Å²) in [5.74, 6) is -0.870. The van der Waals surface area contributed by atoms with Crippen LogP contribution >= 0.6 is 11.6 Å². The zero-order chi connectivity index (χ0) is 14.6. The Labute approximate surface area is 116 Å². The Kier molecular flexibility index (Phi) is 5.30. The van der Waals surface area contributed by atoms with Crippen molar-refractivity contribution in [3.63, 3.8) is 0 Å². The van der Waals surface area contributed by atoms with E-state index in [4.69, 9.17) is 16.7 Å². The maximum absolute atomic E-state index is 12.1. The average Bonchev–Trinajstić information content (AvgIpc) is 2.38. The molecule has 0 heterocycles. The quantitative estimate of drug-likeness (QED) is 0.771. The molecule has 1 unspecified atom stereocenters. The number of esters is 1. The zero-order valence-electron chi connectivity index (χ0n) is 10.4. The van der Waals surface area contributed by atoms with Gasteiger partial charge in [0, 0.05) is 5.02 Å². The summed E-state index contributed by atoms with van der Waals surface area (Å²) >= 11 is 5.85. The highest BCUT2D eigenvalue weighted by Gasteiger charge is 2.27. The Morgan fingerprint density at radius 2 is 2.16 bits per heavy atom. The molecule has 1 atom stereocenters. The fourth-order valence-electron chi connectivity index (χ4n) is 1.43. The summed E-state index contributed by atoms with van der Waals surface area (Å²) in [5, 5.41) is 9.30. The molecule has 0 saturated heterocycles. The van der Waals surface area contributed by atoms with Crippen molar-refractivity contribution >= 4 is 27.6 Å². The molecule has 0 aliphatic carbocycles. The summed E-state index contributed by atoms with van der Waals surface area (Å²) in [6.45, 7) is 0.842. The van der Waals surface area contributed by atoms with E-state index in [0.29, 0.717) is 10.6 Å². The van der Waals surface area contributed by atoms with Crippen LogP contribution in [0.5, 0.6) is 0 Å². The lowest BCUT2D eigenvalue weighted by Crippen LogP contribution is -2.44. The lowest BCUT2D eigenvalue weighted by atomic mass is 10.2. The Morgan fingerprint density at radius 1 is 1.53 bits per heavy atom. The molecule has 8 heteroatoms. The van der Waals surface area contributed by atoms with Gasteiger partial charge in [0.05, 0.1) is 18.6 Å². The number of hydrogen-bond acceptors (Lipinski definition) is 5. The predicted octanol–water partition coefficient (Wildman–Crippen LogP) is 0.461. The topological polar surface area (TPSA) is 92.7 Å². The number of hydrogen-bond donors (Lipinski definition) is 2. The van der Waals surface area contributed by atoms with Crippen LogP contribution in [0.25, 0.3) is 0 Å². The van der Waals surface area contributed by atoms with Crippen LogP contribution in [0.1, 0.15) is 5.56 Å². The van der Waals surface area contributed by atoms with Gasteiger partial charge in [-0.15, -0.1) is 0 Å². The van der Waals surface area contributed by atoms with E-state index in [0.717, 1.165) is 7.11 Å². The Balaban J connectivity index is 3.11. The summed E-state index contributed by atoms with van der Waals surface area (Å²) in [5.41, 5.74) is 0.359. The van der Waals surface area contributed by atoms with Gasteiger partial charge < -0.3 is 9.84 Å². The van der Waals surface area contributed by atoms with Crippen molar-refractivity contribution in [1.29, 1.82) is 0 Å². The molecule has 1 rings (SSSR count). The fraction of sp³-hybridized carbons (Fsp3) is 0.364. The molecule has 106 valence electrons. The number of carbonyl (C=O) groups excluding carboxylic acids is 1. The summed E-state index contributed by atoms with van der Waals surface area (Å²) in [6.07, 6.45) is 0. The number of aliphatic hydroxyl groups excluding tert-OH is 1. The zero-order valence-corrected chi connectivity index (χ0v) is 12.0. The van der Waals surface area contributed by atoms with Crippen LogP contribution in [0, 0.1) is 6.92 Å². The Hall–Kier alpha value is -1.15. The molecule has 0 spiro atoms. The first-order chi connectivity index (χ1) is 8.83. The summed E-state index contributed by atoms with van der Waals surface area (Å²) in [7, 11) is -2.87. The van der Waals surface area contributed by atoms with Crippen LogP contribution < -0.4 is 4.72 Å².